The van der Waals surface area contributed by atoms with Gasteiger partial charge in [-0.1, -0.05) is 42.5 Å². The van der Waals surface area contributed by atoms with Crippen LogP contribution in [0.1, 0.15) is 16.8 Å². The molecule has 0 spiro atoms. The predicted molar refractivity (Wildman–Crippen MR) is 135 cm³/mol. The molecule has 5 N–H and O–H groups in total. The number of hydrogen-bond donors (Lipinski definition) is 4. The van der Waals surface area contributed by atoms with Crippen LogP contribution < -0.4 is 21.1 Å². The van der Waals surface area contributed by atoms with Crippen molar-refractivity contribution in [3.05, 3.63) is 101 Å². The second-order valence-electron chi connectivity index (χ2n) is 7.71. The van der Waals surface area contributed by atoms with Crippen molar-refractivity contribution in [1.29, 1.82) is 0 Å². The molecule has 0 aliphatic carbocycles. The Balaban J connectivity index is 1.62. The number of rotatable bonds is 10. The standard InChI is InChI=1S/C27H26N4O5/c1-29-25(26(34)31-21(17-32)13-18-5-3-2-4-6-18)15-20-9-12-23(16-30-20)36-27(35)24(28)14-19-7-10-22(33)11-8-19/h2-13,15-17,24,29,33H,14,28H2,1H3,(H,31,34)/b21-13-,25-15-. The molecular weight excluding hydrogens is 460 g/mol. The van der Waals surface area contributed by atoms with E-state index in [-0.39, 0.29) is 29.3 Å². The molecule has 3 aromatic rings. The zero-order valence-electron chi connectivity index (χ0n) is 19.5. The average molecular weight is 487 g/mol. The average Bonchev–Trinajstić information content (AvgIpc) is 2.89. The SMILES string of the molecule is CN/C(=C\c1ccc(OC(=O)C(N)Cc2ccc(O)cc2)cn1)C(=O)N/C(C=O)=C\c1ccccc1. The molecule has 0 aliphatic rings. The lowest BCUT2D eigenvalue weighted by Gasteiger charge is -2.11. The van der Waals surface area contributed by atoms with E-state index >= 15 is 0 Å². The number of amides is 1. The number of pyridine rings is 1. The van der Waals surface area contributed by atoms with Crippen molar-refractivity contribution in [3.8, 4) is 11.5 Å². The molecule has 9 heteroatoms. The Bertz CT molecular complexity index is 1250. The van der Waals surface area contributed by atoms with Crippen LogP contribution in [0, 0.1) is 0 Å². The van der Waals surface area contributed by atoms with Crippen molar-refractivity contribution >= 4 is 30.3 Å². The molecule has 1 amide bonds. The highest BCUT2D eigenvalue weighted by molar-refractivity contribution is 6.01. The molecule has 1 unspecified atom stereocenters. The quantitative estimate of drug-likeness (QED) is 0.194. The number of likely N-dealkylation sites (N-methyl/N-ethyl adjacent to an activating group) is 1. The number of aldehydes is 1. The molecule has 184 valence electrons. The summed E-state index contributed by atoms with van der Waals surface area (Å²) >= 11 is 0. The first-order chi connectivity index (χ1) is 17.4. The van der Waals surface area contributed by atoms with Crippen LogP contribution in [0.25, 0.3) is 12.2 Å². The van der Waals surface area contributed by atoms with Crippen LogP contribution in [0.4, 0.5) is 0 Å². The molecule has 1 aromatic heterocycles. The van der Waals surface area contributed by atoms with Gasteiger partial charge in [0.05, 0.1) is 17.6 Å². The number of aromatic hydroxyl groups is 1. The van der Waals surface area contributed by atoms with E-state index in [0.717, 1.165) is 11.1 Å². The van der Waals surface area contributed by atoms with Crippen LogP contribution >= 0.6 is 0 Å². The van der Waals surface area contributed by atoms with Crippen LogP contribution in [0.3, 0.4) is 0 Å². The highest BCUT2D eigenvalue weighted by Gasteiger charge is 2.17. The summed E-state index contributed by atoms with van der Waals surface area (Å²) in [4.78, 5) is 40.5. The first-order valence-electron chi connectivity index (χ1n) is 11.0. The molecule has 0 saturated heterocycles. The molecule has 0 fully saturated rings. The second-order valence-corrected chi connectivity index (χ2v) is 7.71. The summed E-state index contributed by atoms with van der Waals surface area (Å²) in [7, 11) is 1.57. The number of aromatic nitrogens is 1. The van der Waals surface area contributed by atoms with Crippen molar-refractivity contribution in [2.45, 2.75) is 12.5 Å². The first kappa shape index (κ1) is 25.9. The van der Waals surface area contributed by atoms with E-state index in [0.29, 0.717) is 12.0 Å². The third-order valence-corrected chi connectivity index (χ3v) is 4.99. The van der Waals surface area contributed by atoms with E-state index in [1.54, 1.807) is 31.3 Å². The van der Waals surface area contributed by atoms with Crippen molar-refractivity contribution < 1.29 is 24.2 Å². The van der Waals surface area contributed by atoms with E-state index in [2.05, 4.69) is 15.6 Å². The summed E-state index contributed by atoms with van der Waals surface area (Å²) in [6.45, 7) is 0. The number of nitrogens with one attached hydrogen (secondary N) is 2. The minimum Gasteiger partial charge on any atom is -0.508 e. The molecular formula is C27H26N4O5. The van der Waals surface area contributed by atoms with Crippen molar-refractivity contribution in [1.82, 2.24) is 15.6 Å². The van der Waals surface area contributed by atoms with Gasteiger partial charge < -0.3 is 26.2 Å². The normalized spacial score (nSPS) is 12.4. The fraction of sp³-hybridized carbons (Fsp3) is 0.111. The largest absolute Gasteiger partial charge is 0.508 e. The van der Waals surface area contributed by atoms with Gasteiger partial charge in [-0.3, -0.25) is 14.6 Å². The van der Waals surface area contributed by atoms with Crippen LogP contribution in [0.2, 0.25) is 0 Å². The van der Waals surface area contributed by atoms with Crippen molar-refractivity contribution in [2.24, 2.45) is 5.73 Å². The zero-order valence-corrected chi connectivity index (χ0v) is 19.5. The molecule has 0 aliphatic heterocycles. The lowest BCUT2D eigenvalue weighted by molar-refractivity contribution is -0.135. The highest BCUT2D eigenvalue weighted by atomic mass is 16.5. The van der Waals surface area contributed by atoms with E-state index in [1.165, 1.54) is 30.5 Å². The maximum absolute atomic E-state index is 12.6. The Morgan fingerprint density at radius 2 is 1.78 bits per heavy atom. The van der Waals surface area contributed by atoms with Gasteiger partial charge >= 0.3 is 5.97 Å². The van der Waals surface area contributed by atoms with Crippen molar-refractivity contribution in [3.63, 3.8) is 0 Å². The predicted octanol–water partition coefficient (Wildman–Crippen LogP) is 2.18. The number of nitrogens with two attached hydrogens (primary N) is 1. The molecule has 3 rings (SSSR count). The minimum atomic E-state index is -0.898. The smallest absolute Gasteiger partial charge is 0.328 e. The first-order valence-corrected chi connectivity index (χ1v) is 11.0. The zero-order chi connectivity index (χ0) is 25.9. The van der Waals surface area contributed by atoms with Gasteiger partial charge in [-0.05, 0) is 54.0 Å². The Kier molecular flexibility index (Phi) is 9.07. The van der Waals surface area contributed by atoms with Crippen molar-refractivity contribution in [2.75, 3.05) is 7.05 Å². The van der Waals surface area contributed by atoms with Gasteiger partial charge in [0, 0.05) is 7.05 Å². The summed E-state index contributed by atoms with van der Waals surface area (Å²) in [5, 5.41) is 14.7. The number of benzene rings is 2. The molecule has 0 saturated carbocycles. The number of carbonyl (C=O) groups excluding carboxylic acids is 3. The van der Waals surface area contributed by atoms with Gasteiger partial charge in [-0.2, -0.15) is 0 Å². The molecule has 0 radical (unpaired) electrons. The Morgan fingerprint density at radius 1 is 1.06 bits per heavy atom. The monoisotopic (exact) mass is 486 g/mol. The lowest BCUT2D eigenvalue weighted by atomic mass is 10.1. The molecule has 36 heavy (non-hydrogen) atoms. The van der Waals surface area contributed by atoms with E-state index in [4.69, 9.17) is 10.5 Å². The summed E-state index contributed by atoms with van der Waals surface area (Å²) in [5.74, 6) is -0.830. The number of phenols is 1. The third kappa shape index (κ3) is 7.64. The third-order valence-electron chi connectivity index (χ3n) is 4.99. The summed E-state index contributed by atoms with van der Waals surface area (Å²) < 4.78 is 5.29. The molecule has 0 bridgehead atoms. The van der Waals surface area contributed by atoms with Crippen LogP contribution in [-0.2, 0) is 20.8 Å². The van der Waals surface area contributed by atoms with E-state index in [9.17, 15) is 19.5 Å². The molecule has 9 nitrogen and oxygen atoms in total. The van der Waals surface area contributed by atoms with Gasteiger partial charge in [0.15, 0.2) is 6.29 Å². The number of esters is 1. The molecule has 2 aromatic carbocycles. The van der Waals surface area contributed by atoms with Gasteiger partial charge in [0.1, 0.15) is 23.2 Å². The van der Waals surface area contributed by atoms with Gasteiger partial charge in [-0.25, -0.2) is 4.79 Å². The number of phenolic OH excluding ortho intramolecular Hbond substituents is 1. The fourth-order valence-electron chi connectivity index (χ4n) is 3.12. The Labute approximate surface area is 208 Å². The Morgan fingerprint density at radius 3 is 2.39 bits per heavy atom. The summed E-state index contributed by atoms with van der Waals surface area (Å²) in [6.07, 6.45) is 5.20. The summed E-state index contributed by atoms with van der Waals surface area (Å²) in [5.41, 5.74) is 8.18. The van der Waals surface area contributed by atoms with Gasteiger partial charge in [0.25, 0.3) is 5.91 Å². The molecule has 1 heterocycles. The highest BCUT2D eigenvalue weighted by Crippen LogP contribution is 2.14. The Hall–Kier alpha value is -4.76. The number of carbonyl (C=O) groups is 3. The minimum absolute atomic E-state index is 0.103. The van der Waals surface area contributed by atoms with Crippen LogP contribution in [0.5, 0.6) is 11.5 Å². The second kappa shape index (κ2) is 12.6. The number of hydrogen-bond acceptors (Lipinski definition) is 8. The van der Waals surface area contributed by atoms with Gasteiger partial charge in [-0.15, -0.1) is 0 Å². The van der Waals surface area contributed by atoms with Crippen LogP contribution in [-0.4, -0.2) is 41.3 Å². The maximum atomic E-state index is 12.6. The topological polar surface area (TPSA) is 144 Å². The molecule has 1 atom stereocenters. The maximum Gasteiger partial charge on any atom is 0.328 e. The van der Waals surface area contributed by atoms with E-state index in [1.807, 2.05) is 30.3 Å². The number of nitrogens with zero attached hydrogens (tertiary/aromatic N) is 1. The number of ether oxygens (including phenoxy) is 1. The summed E-state index contributed by atoms with van der Waals surface area (Å²) in [6, 6.07) is 17.7. The van der Waals surface area contributed by atoms with E-state index < -0.39 is 17.9 Å². The number of allylic oxidation sites excluding steroid dienone is 1. The fourth-order valence-corrected chi connectivity index (χ4v) is 3.12. The van der Waals surface area contributed by atoms with Crippen LogP contribution in [0.15, 0.2) is 84.3 Å². The lowest BCUT2D eigenvalue weighted by Crippen LogP contribution is -2.36. The van der Waals surface area contributed by atoms with Gasteiger partial charge in [0.2, 0.25) is 0 Å².